The van der Waals surface area contributed by atoms with Gasteiger partial charge in [-0.25, -0.2) is 9.37 Å². The Labute approximate surface area is 188 Å². The number of rotatable bonds is 5. The van der Waals surface area contributed by atoms with Crippen LogP contribution in [0, 0.1) is 19.7 Å². The van der Waals surface area contributed by atoms with Crippen molar-refractivity contribution >= 4 is 33.0 Å². The highest BCUT2D eigenvalue weighted by Crippen LogP contribution is 2.20. The van der Waals surface area contributed by atoms with Gasteiger partial charge in [-0.2, -0.15) is 9.78 Å². The van der Waals surface area contributed by atoms with Crippen molar-refractivity contribution in [2.24, 2.45) is 5.10 Å². The molecule has 0 unspecified atom stereocenters. The number of hydrogen-bond acceptors (Lipinski definition) is 3. The molecule has 0 N–H and O–H groups in total. The lowest BCUT2D eigenvalue weighted by atomic mass is 10.2. The maximum Gasteiger partial charge on any atom is 0.282 e. The fourth-order valence-electron chi connectivity index (χ4n) is 3.72. The molecule has 0 amide bonds. The number of benzene rings is 2. The molecule has 31 heavy (non-hydrogen) atoms. The molecule has 0 atom stereocenters. The first-order chi connectivity index (χ1) is 14.9. The van der Waals surface area contributed by atoms with E-state index in [1.807, 2.05) is 43.5 Å². The summed E-state index contributed by atoms with van der Waals surface area (Å²) in [5.41, 5.74) is 4.17. The molecule has 7 heteroatoms. The summed E-state index contributed by atoms with van der Waals surface area (Å²) in [5, 5.41) is 5.04. The quantitative estimate of drug-likeness (QED) is 0.352. The summed E-state index contributed by atoms with van der Waals surface area (Å²) < 4.78 is 17.6. The Morgan fingerprint density at radius 2 is 1.87 bits per heavy atom. The predicted molar refractivity (Wildman–Crippen MR) is 126 cm³/mol. The molecule has 0 radical (unpaired) electrons. The summed E-state index contributed by atoms with van der Waals surface area (Å²) in [6.07, 6.45) is 3.19. The summed E-state index contributed by atoms with van der Waals surface area (Å²) >= 11 is 3.42. The third-order valence-electron chi connectivity index (χ3n) is 5.22. The Kier molecular flexibility index (Phi) is 5.87. The fourth-order valence-corrected chi connectivity index (χ4v) is 4.09. The molecule has 4 rings (SSSR count). The van der Waals surface area contributed by atoms with Crippen molar-refractivity contribution in [2.75, 3.05) is 0 Å². The summed E-state index contributed by atoms with van der Waals surface area (Å²) in [7, 11) is 0. The predicted octanol–water partition coefficient (Wildman–Crippen LogP) is 5.54. The molecule has 2 aromatic heterocycles. The minimum atomic E-state index is -0.272. The summed E-state index contributed by atoms with van der Waals surface area (Å²) in [6.45, 7) is 6.00. The van der Waals surface area contributed by atoms with Crippen LogP contribution in [0.25, 0.3) is 16.6 Å². The molecule has 0 spiro atoms. The van der Waals surface area contributed by atoms with Gasteiger partial charge in [-0.1, -0.05) is 22.9 Å². The van der Waals surface area contributed by atoms with E-state index in [1.165, 1.54) is 16.8 Å². The van der Waals surface area contributed by atoms with Crippen LogP contribution in [-0.2, 0) is 6.42 Å². The van der Waals surface area contributed by atoms with E-state index >= 15 is 0 Å². The second-order valence-electron chi connectivity index (χ2n) is 7.44. The number of hydrogen-bond donors (Lipinski definition) is 0. The lowest BCUT2D eigenvalue weighted by Gasteiger charge is -2.10. The Morgan fingerprint density at radius 3 is 2.58 bits per heavy atom. The number of aromatic nitrogens is 3. The molecule has 0 saturated heterocycles. The Bertz CT molecular complexity index is 1350. The molecule has 2 heterocycles. The van der Waals surface area contributed by atoms with E-state index in [-0.39, 0.29) is 11.4 Å². The van der Waals surface area contributed by atoms with Crippen molar-refractivity contribution in [2.45, 2.75) is 33.6 Å². The summed E-state index contributed by atoms with van der Waals surface area (Å²) in [6, 6.07) is 13.8. The smallest absolute Gasteiger partial charge is 0.282 e. The lowest BCUT2D eigenvalue weighted by Crippen LogP contribution is -2.22. The molecule has 0 saturated carbocycles. The molecule has 2 aromatic carbocycles. The van der Waals surface area contributed by atoms with Crippen molar-refractivity contribution < 1.29 is 4.39 Å². The van der Waals surface area contributed by atoms with Crippen molar-refractivity contribution in [3.05, 3.63) is 92.0 Å². The molecule has 0 aliphatic carbocycles. The molecule has 158 valence electrons. The van der Waals surface area contributed by atoms with Gasteiger partial charge in [-0.15, -0.1) is 0 Å². The minimum absolute atomic E-state index is 0.196. The highest BCUT2D eigenvalue weighted by atomic mass is 79.9. The van der Waals surface area contributed by atoms with E-state index in [4.69, 9.17) is 0 Å². The highest BCUT2D eigenvalue weighted by molar-refractivity contribution is 9.10. The van der Waals surface area contributed by atoms with Gasteiger partial charge in [-0.05, 0) is 68.8 Å². The van der Waals surface area contributed by atoms with Gasteiger partial charge in [0.1, 0.15) is 11.6 Å². The first-order valence-corrected chi connectivity index (χ1v) is 10.9. The number of nitrogens with zero attached hydrogens (tertiary/aromatic N) is 4. The molecular formula is C24H22BrFN4O. The Morgan fingerprint density at radius 1 is 1.13 bits per heavy atom. The van der Waals surface area contributed by atoms with Crippen LogP contribution in [-0.4, -0.2) is 20.4 Å². The summed E-state index contributed by atoms with van der Waals surface area (Å²) in [5.74, 6) is 0.359. The summed E-state index contributed by atoms with van der Waals surface area (Å²) in [4.78, 5) is 17.8. The molecule has 0 fully saturated rings. The zero-order valence-corrected chi connectivity index (χ0v) is 19.1. The van der Waals surface area contributed by atoms with Crippen molar-refractivity contribution in [3.63, 3.8) is 0 Å². The van der Waals surface area contributed by atoms with Crippen molar-refractivity contribution in [1.82, 2.24) is 14.2 Å². The van der Waals surface area contributed by atoms with Crippen LogP contribution in [0.5, 0.6) is 0 Å². The second-order valence-corrected chi connectivity index (χ2v) is 8.36. The van der Waals surface area contributed by atoms with Gasteiger partial charge in [0.15, 0.2) is 0 Å². The van der Waals surface area contributed by atoms with Gasteiger partial charge in [0, 0.05) is 33.5 Å². The normalized spacial score (nSPS) is 11.6. The standard InChI is InChI=1S/C24H22BrFN4O/c1-4-5-23-28-22-11-6-18(25)13-21(22)24(31)30(23)27-14-17-12-15(2)29(16(17)3)20-9-7-19(26)8-10-20/h6-14H,4-5H2,1-3H3. The molecule has 0 aliphatic heterocycles. The fraction of sp³-hybridized carbons (Fsp3) is 0.208. The van der Waals surface area contributed by atoms with E-state index in [0.717, 1.165) is 33.5 Å². The van der Waals surface area contributed by atoms with Crippen LogP contribution in [0.3, 0.4) is 0 Å². The van der Waals surface area contributed by atoms with Gasteiger partial charge in [0.05, 0.1) is 17.1 Å². The minimum Gasteiger partial charge on any atom is -0.318 e. The third kappa shape index (κ3) is 4.10. The van der Waals surface area contributed by atoms with Crippen LogP contribution < -0.4 is 5.56 Å². The monoisotopic (exact) mass is 480 g/mol. The Balaban J connectivity index is 1.81. The molecule has 4 aromatic rings. The largest absolute Gasteiger partial charge is 0.318 e. The topological polar surface area (TPSA) is 52.2 Å². The van der Waals surface area contributed by atoms with E-state index < -0.39 is 0 Å². The molecule has 5 nitrogen and oxygen atoms in total. The van der Waals surface area contributed by atoms with E-state index in [2.05, 4.69) is 26.0 Å². The van der Waals surface area contributed by atoms with E-state index in [9.17, 15) is 9.18 Å². The molecular weight excluding hydrogens is 459 g/mol. The zero-order valence-electron chi connectivity index (χ0n) is 17.6. The van der Waals surface area contributed by atoms with E-state index in [0.29, 0.717) is 23.1 Å². The van der Waals surface area contributed by atoms with Crippen LogP contribution in [0.4, 0.5) is 4.39 Å². The first-order valence-electron chi connectivity index (χ1n) is 10.1. The maximum absolute atomic E-state index is 13.3. The van der Waals surface area contributed by atoms with Gasteiger partial charge >= 0.3 is 0 Å². The van der Waals surface area contributed by atoms with Gasteiger partial charge in [0.2, 0.25) is 0 Å². The second kappa shape index (κ2) is 8.59. The highest BCUT2D eigenvalue weighted by Gasteiger charge is 2.12. The van der Waals surface area contributed by atoms with Gasteiger partial charge in [-0.3, -0.25) is 4.79 Å². The van der Waals surface area contributed by atoms with Crippen molar-refractivity contribution in [1.29, 1.82) is 0 Å². The molecule has 0 bridgehead atoms. The van der Waals surface area contributed by atoms with Crippen LogP contribution in [0.15, 0.2) is 62.9 Å². The average Bonchev–Trinajstić information content (AvgIpc) is 3.02. The Hall–Kier alpha value is -3.06. The SMILES string of the molecule is CCCc1nc2ccc(Br)cc2c(=O)n1N=Cc1cc(C)n(-c2ccc(F)cc2)c1C. The van der Waals surface area contributed by atoms with Crippen LogP contribution in [0.2, 0.25) is 0 Å². The molecule has 0 aliphatic rings. The zero-order chi connectivity index (χ0) is 22.1. The van der Waals surface area contributed by atoms with Gasteiger partial charge < -0.3 is 4.57 Å². The number of aryl methyl sites for hydroxylation is 2. The van der Waals surface area contributed by atoms with Gasteiger partial charge in [0.25, 0.3) is 5.56 Å². The lowest BCUT2D eigenvalue weighted by molar-refractivity contribution is 0.627. The average molecular weight is 481 g/mol. The maximum atomic E-state index is 13.3. The number of fused-ring (bicyclic) bond motifs is 1. The van der Waals surface area contributed by atoms with Crippen molar-refractivity contribution in [3.8, 4) is 5.69 Å². The number of halogens is 2. The first kappa shape index (κ1) is 21.2. The third-order valence-corrected chi connectivity index (χ3v) is 5.71. The van der Waals surface area contributed by atoms with Crippen LogP contribution >= 0.6 is 15.9 Å². The van der Waals surface area contributed by atoms with E-state index in [1.54, 1.807) is 24.4 Å². The van der Waals surface area contributed by atoms with Crippen LogP contribution in [0.1, 0.15) is 36.1 Å².